The summed E-state index contributed by atoms with van der Waals surface area (Å²) in [6.07, 6.45) is -0.280. The van der Waals surface area contributed by atoms with Crippen LogP contribution in [0, 0.1) is 0 Å². The molecule has 0 bridgehead atoms. The van der Waals surface area contributed by atoms with Gasteiger partial charge in [-0.1, -0.05) is 19.1 Å². The number of carbonyl (C=O) groups is 2. The third-order valence-electron chi connectivity index (χ3n) is 2.58. The van der Waals surface area contributed by atoms with Gasteiger partial charge in [-0.05, 0) is 44.9 Å². The largest absolute Gasteiger partial charge is 0.514 e. The summed E-state index contributed by atoms with van der Waals surface area (Å²) in [7, 11) is 0. The summed E-state index contributed by atoms with van der Waals surface area (Å²) < 4.78 is 10.0. The second-order valence-corrected chi connectivity index (χ2v) is 5.43. The molecule has 1 unspecified atom stereocenters. The molecule has 0 heterocycles. The Morgan fingerprint density at radius 1 is 1.20 bits per heavy atom. The van der Waals surface area contributed by atoms with E-state index in [4.69, 9.17) is 14.6 Å². The third kappa shape index (κ3) is 4.91. The van der Waals surface area contributed by atoms with E-state index >= 15 is 0 Å². The van der Waals surface area contributed by atoms with E-state index < -0.39 is 23.6 Å². The highest BCUT2D eigenvalue weighted by molar-refractivity contribution is 5.76. The smallest absolute Gasteiger partial charge is 0.481 e. The van der Waals surface area contributed by atoms with Gasteiger partial charge in [0.05, 0.1) is 5.92 Å². The van der Waals surface area contributed by atoms with E-state index in [0.717, 1.165) is 0 Å². The number of hydrogen-bond donors (Lipinski definition) is 1. The molecular formula is C15H20O5. The van der Waals surface area contributed by atoms with Gasteiger partial charge in [0.2, 0.25) is 0 Å². The molecule has 1 N–H and O–H groups in total. The Morgan fingerprint density at radius 2 is 1.75 bits per heavy atom. The Balaban J connectivity index is 2.72. The number of carboxylic acids is 1. The SMILES string of the molecule is CCC(C(=O)O)c1ccc(OC(=O)OC(C)(C)C)cc1. The highest BCUT2D eigenvalue weighted by Crippen LogP contribution is 2.23. The molecule has 1 rings (SSSR count). The van der Waals surface area contributed by atoms with Crippen LogP contribution in [-0.4, -0.2) is 22.8 Å². The minimum atomic E-state index is -0.867. The highest BCUT2D eigenvalue weighted by Gasteiger charge is 2.19. The molecule has 0 amide bonds. The maximum absolute atomic E-state index is 11.5. The molecule has 0 aliphatic carbocycles. The van der Waals surface area contributed by atoms with E-state index in [9.17, 15) is 9.59 Å². The van der Waals surface area contributed by atoms with Crippen LogP contribution in [0.25, 0.3) is 0 Å². The third-order valence-corrected chi connectivity index (χ3v) is 2.58. The van der Waals surface area contributed by atoms with E-state index in [2.05, 4.69) is 0 Å². The second kappa shape index (κ2) is 6.41. The predicted molar refractivity (Wildman–Crippen MR) is 74.0 cm³/mol. The highest BCUT2D eigenvalue weighted by atomic mass is 16.7. The van der Waals surface area contributed by atoms with Crippen molar-refractivity contribution in [3.05, 3.63) is 29.8 Å². The molecule has 0 aliphatic heterocycles. The van der Waals surface area contributed by atoms with Crippen molar-refractivity contribution in [1.82, 2.24) is 0 Å². The van der Waals surface area contributed by atoms with Gasteiger partial charge in [-0.15, -0.1) is 0 Å². The van der Waals surface area contributed by atoms with Gasteiger partial charge in [-0.3, -0.25) is 4.79 Å². The van der Waals surface area contributed by atoms with Gasteiger partial charge in [0.1, 0.15) is 11.4 Å². The van der Waals surface area contributed by atoms with Gasteiger partial charge in [-0.2, -0.15) is 0 Å². The van der Waals surface area contributed by atoms with Crippen molar-refractivity contribution in [2.45, 2.75) is 45.6 Å². The number of ether oxygens (including phenoxy) is 2. The zero-order valence-electron chi connectivity index (χ0n) is 12.2. The molecule has 0 radical (unpaired) electrons. The Hall–Kier alpha value is -2.04. The molecule has 110 valence electrons. The maximum Gasteiger partial charge on any atom is 0.514 e. The molecule has 1 atom stereocenters. The second-order valence-electron chi connectivity index (χ2n) is 5.43. The van der Waals surface area contributed by atoms with Gasteiger partial charge in [0, 0.05) is 0 Å². The monoisotopic (exact) mass is 280 g/mol. The molecular weight excluding hydrogens is 260 g/mol. The Labute approximate surface area is 118 Å². The lowest BCUT2D eigenvalue weighted by Gasteiger charge is -2.18. The fourth-order valence-electron chi connectivity index (χ4n) is 1.69. The van der Waals surface area contributed by atoms with Crippen molar-refractivity contribution in [3.63, 3.8) is 0 Å². The maximum atomic E-state index is 11.5. The zero-order chi connectivity index (χ0) is 15.3. The average Bonchev–Trinajstić information content (AvgIpc) is 2.29. The van der Waals surface area contributed by atoms with Crippen molar-refractivity contribution >= 4 is 12.1 Å². The van der Waals surface area contributed by atoms with Crippen molar-refractivity contribution in [2.75, 3.05) is 0 Å². The molecule has 0 aromatic heterocycles. The Kier molecular flexibility index (Phi) is 5.13. The van der Waals surface area contributed by atoms with Gasteiger partial charge in [0.15, 0.2) is 0 Å². The number of benzene rings is 1. The first-order valence-corrected chi connectivity index (χ1v) is 6.46. The summed E-state index contributed by atoms with van der Waals surface area (Å²) in [6.45, 7) is 7.05. The molecule has 1 aromatic carbocycles. The van der Waals surface area contributed by atoms with Crippen LogP contribution in [-0.2, 0) is 9.53 Å². The first-order valence-electron chi connectivity index (χ1n) is 6.46. The van der Waals surface area contributed by atoms with Gasteiger partial charge >= 0.3 is 12.1 Å². The van der Waals surface area contributed by atoms with Crippen LogP contribution in [0.4, 0.5) is 4.79 Å². The lowest BCUT2D eigenvalue weighted by atomic mass is 9.97. The van der Waals surface area contributed by atoms with Gasteiger partial charge in [-0.25, -0.2) is 4.79 Å². The van der Waals surface area contributed by atoms with E-state index in [0.29, 0.717) is 17.7 Å². The molecule has 0 spiro atoms. The van der Waals surface area contributed by atoms with Crippen LogP contribution < -0.4 is 4.74 Å². The summed E-state index contributed by atoms with van der Waals surface area (Å²) in [5, 5.41) is 9.06. The van der Waals surface area contributed by atoms with Crippen LogP contribution in [0.3, 0.4) is 0 Å². The van der Waals surface area contributed by atoms with Crippen molar-refractivity contribution in [2.24, 2.45) is 0 Å². The number of hydrogen-bond acceptors (Lipinski definition) is 4. The fourth-order valence-corrected chi connectivity index (χ4v) is 1.69. The molecule has 20 heavy (non-hydrogen) atoms. The van der Waals surface area contributed by atoms with Crippen molar-refractivity contribution in [1.29, 1.82) is 0 Å². The summed E-state index contributed by atoms with van der Waals surface area (Å²) in [5.41, 5.74) is 0.0599. The normalized spacial score (nSPS) is 12.6. The fraction of sp³-hybridized carbons (Fsp3) is 0.467. The Morgan fingerprint density at radius 3 is 2.15 bits per heavy atom. The first-order chi connectivity index (χ1) is 9.23. The summed E-state index contributed by atoms with van der Waals surface area (Å²) >= 11 is 0. The van der Waals surface area contributed by atoms with E-state index in [1.54, 1.807) is 45.0 Å². The van der Waals surface area contributed by atoms with Crippen LogP contribution in [0.15, 0.2) is 24.3 Å². The summed E-state index contributed by atoms with van der Waals surface area (Å²) in [5.74, 6) is -1.10. The molecule has 1 aromatic rings. The quantitative estimate of drug-likeness (QED) is 0.674. The minimum absolute atomic E-state index is 0.322. The standard InChI is InChI=1S/C15H20O5/c1-5-12(13(16)17)10-6-8-11(9-7-10)19-14(18)20-15(2,3)4/h6-9,12H,5H2,1-4H3,(H,16,17). The number of carboxylic acid groups (broad SMARTS) is 1. The first kappa shape index (κ1) is 16.0. The van der Waals surface area contributed by atoms with E-state index in [-0.39, 0.29) is 0 Å². The average molecular weight is 280 g/mol. The van der Waals surface area contributed by atoms with E-state index in [1.165, 1.54) is 0 Å². The lowest BCUT2D eigenvalue weighted by molar-refractivity contribution is -0.138. The number of carbonyl (C=O) groups excluding carboxylic acids is 1. The number of aliphatic carboxylic acids is 1. The van der Waals surface area contributed by atoms with Gasteiger partial charge < -0.3 is 14.6 Å². The van der Waals surface area contributed by atoms with Crippen LogP contribution in [0.1, 0.15) is 45.6 Å². The van der Waals surface area contributed by atoms with Crippen LogP contribution >= 0.6 is 0 Å². The minimum Gasteiger partial charge on any atom is -0.481 e. The molecule has 0 aliphatic rings. The van der Waals surface area contributed by atoms with Crippen molar-refractivity contribution < 1.29 is 24.2 Å². The van der Waals surface area contributed by atoms with E-state index in [1.807, 2.05) is 6.92 Å². The molecule has 5 nitrogen and oxygen atoms in total. The zero-order valence-corrected chi connectivity index (χ0v) is 12.2. The van der Waals surface area contributed by atoms with Crippen LogP contribution in [0.2, 0.25) is 0 Å². The molecule has 0 saturated heterocycles. The topological polar surface area (TPSA) is 72.8 Å². The van der Waals surface area contributed by atoms with Crippen molar-refractivity contribution in [3.8, 4) is 5.75 Å². The van der Waals surface area contributed by atoms with Gasteiger partial charge in [0.25, 0.3) is 0 Å². The Bertz CT molecular complexity index is 470. The summed E-state index contributed by atoms with van der Waals surface area (Å²) in [4.78, 5) is 22.5. The predicted octanol–water partition coefficient (Wildman–Crippen LogP) is 3.58. The molecule has 0 saturated carbocycles. The lowest BCUT2D eigenvalue weighted by Crippen LogP contribution is -2.25. The molecule has 0 fully saturated rings. The van der Waals surface area contributed by atoms with Crippen LogP contribution in [0.5, 0.6) is 5.75 Å². The number of rotatable bonds is 4. The summed E-state index contributed by atoms with van der Waals surface area (Å²) in [6, 6.07) is 6.40. The molecule has 5 heteroatoms.